The summed E-state index contributed by atoms with van der Waals surface area (Å²) in [6, 6.07) is 5.65. The van der Waals surface area contributed by atoms with E-state index in [1.54, 1.807) is 6.07 Å². The Morgan fingerprint density at radius 1 is 1.00 bits per heavy atom. The van der Waals surface area contributed by atoms with E-state index in [0.717, 1.165) is 24.0 Å². The number of rotatable bonds is 9. The van der Waals surface area contributed by atoms with Crippen LogP contribution in [-0.4, -0.2) is 18.5 Å². The molecule has 0 aliphatic heterocycles. The summed E-state index contributed by atoms with van der Waals surface area (Å²) < 4.78 is 10.4. The van der Waals surface area contributed by atoms with Crippen molar-refractivity contribution in [3.05, 3.63) is 29.3 Å². The van der Waals surface area contributed by atoms with Crippen LogP contribution in [0, 0.1) is 13.8 Å². The largest absolute Gasteiger partial charge is 0.466 e. The van der Waals surface area contributed by atoms with Gasteiger partial charge in [-0.3, -0.25) is 9.59 Å². The van der Waals surface area contributed by atoms with E-state index in [9.17, 15) is 9.59 Å². The van der Waals surface area contributed by atoms with Gasteiger partial charge in [-0.15, -0.1) is 0 Å². The maximum Gasteiger partial charge on any atom is 0.311 e. The minimum absolute atomic E-state index is 0.184. The molecule has 1 rings (SSSR count). The van der Waals surface area contributed by atoms with E-state index >= 15 is 0 Å². The molecule has 0 saturated carbocycles. The lowest BCUT2D eigenvalue weighted by molar-refractivity contribution is -0.144. The Bertz CT molecular complexity index is 494. The van der Waals surface area contributed by atoms with Crippen LogP contribution in [0.25, 0.3) is 0 Å². The first-order valence-corrected chi connectivity index (χ1v) is 7.97. The summed E-state index contributed by atoms with van der Waals surface area (Å²) in [4.78, 5) is 23.2. The number of aryl methyl sites for hydroxylation is 1. The molecule has 122 valence electrons. The molecule has 22 heavy (non-hydrogen) atoms. The van der Waals surface area contributed by atoms with Crippen LogP contribution in [-0.2, 0) is 14.3 Å². The summed E-state index contributed by atoms with van der Waals surface area (Å²) in [5.41, 5.74) is 2.08. The zero-order valence-electron chi connectivity index (χ0n) is 13.8. The molecule has 0 unspecified atom stereocenters. The van der Waals surface area contributed by atoms with Gasteiger partial charge in [-0.1, -0.05) is 25.5 Å². The lowest BCUT2D eigenvalue weighted by Gasteiger charge is -2.09. The standard InChI is InChI=1S/C18H26O4/c1-4-5-13-21-17(19)11-6-7-12-18(20)22-16-10-8-9-14(2)15(16)3/h8-10H,4-7,11-13H2,1-3H3. The zero-order valence-corrected chi connectivity index (χ0v) is 13.8. The van der Waals surface area contributed by atoms with E-state index in [-0.39, 0.29) is 11.9 Å². The lowest BCUT2D eigenvalue weighted by atomic mass is 10.1. The first-order chi connectivity index (χ1) is 10.5. The normalized spacial score (nSPS) is 10.3. The van der Waals surface area contributed by atoms with Crippen molar-refractivity contribution < 1.29 is 19.1 Å². The monoisotopic (exact) mass is 306 g/mol. The SMILES string of the molecule is CCCCOC(=O)CCCCC(=O)Oc1cccc(C)c1C. The van der Waals surface area contributed by atoms with Gasteiger partial charge in [-0.2, -0.15) is 0 Å². The minimum Gasteiger partial charge on any atom is -0.466 e. The molecule has 0 atom stereocenters. The van der Waals surface area contributed by atoms with Crippen LogP contribution < -0.4 is 4.74 Å². The second-order valence-corrected chi connectivity index (χ2v) is 5.45. The topological polar surface area (TPSA) is 52.6 Å². The smallest absolute Gasteiger partial charge is 0.311 e. The fourth-order valence-electron chi connectivity index (χ4n) is 1.95. The second kappa shape index (κ2) is 9.98. The molecule has 0 spiro atoms. The van der Waals surface area contributed by atoms with Crippen molar-refractivity contribution in [2.45, 2.75) is 59.3 Å². The quantitative estimate of drug-likeness (QED) is 0.391. The van der Waals surface area contributed by atoms with Crippen molar-refractivity contribution in [2.24, 2.45) is 0 Å². The molecule has 1 aromatic rings. The van der Waals surface area contributed by atoms with Crippen molar-refractivity contribution in [1.29, 1.82) is 0 Å². The molecule has 0 aliphatic rings. The maximum atomic E-state index is 11.8. The van der Waals surface area contributed by atoms with Crippen molar-refractivity contribution in [1.82, 2.24) is 0 Å². The number of hydrogen-bond acceptors (Lipinski definition) is 4. The fourth-order valence-corrected chi connectivity index (χ4v) is 1.95. The van der Waals surface area contributed by atoms with Crippen LogP contribution in [0.5, 0.6) is 5.75 Å². The average molecular weight is 306 g/mol. The number of esters is 2. The first kappa shape index (κ1) is 18.2. The van der Waals surface area contributed by atoms with Gasteiger partial charge in [0, 0.05) is 12.8 Å². The van der Waals surface area contributed by atoms with E-state index < -0.39 is 0 Å². The number of unbranched alkanes of at least 4 members (excludes halogenated alkanes) is 2. The van der Waals surface area contributed by atoms with E-state index in [4.69, 9.17) is 9.47 Å². The maximum absolute atomic E-state index is 11.8. The van der Waals surface area contributed by atoms with Crippen LogP contribution in [0.1, 0.15) is 56.6 Å². The highest BCUT2D eigenvalue weighted by Crippen LogP contribution is 2.21. The van der Waals surface area contributed by atoms with E-state index in [0.29, 0.717) is 38.0 Å². The van der Waals surface area contributed by atoms with Gasteiger partial charge >= 0.3 is 11.9 Å². The predicted octanol–water partition coefficient (Wildman–Crippen LogP) is 4.11. The van der Waals surface area contributed by atoms with Crippen molar-refractivity contribution in [3.8, 4) is 5.75 Å². The third-order valence-electron chi connectivity index (χ3n) is 3.55. The summed E-state index contributed by atoms with van der Waals surface area (Å²) in [5.74, 6) is 0.174. The Labute approximate surface area is 132 Å². The number of hydrogen-bond donors (Lipinski definition) is 0. The van der Waals surface area contributed by atoms with Gasteiger partial charge < -0.3 is 9.47 Å². The number of ether oxygens (including phenoxy) is 2. The van der Waals surface area contributed by atoms with Crippen molar-refractivity contribution >= 4 is 11.9 Å². The highest BCUT2D eigenvalue weighted by atomic mass is 16.5. The molecule has 0 N–H and O–H groups in total. The van der Waals surface area contributed by atoms with Gasteiger partial charge in [0.1, 0.15) is 5.75 Å². The molecule has 4 nitrogen and oxygen atoms in total. The molecule has 0 amide bonds. The Balaban J connectivity index is 2.21. The van der Waals surface area contributed by atoms with Crippen LogP contribution in [0.3, 0.4) is 0 Å². The second-order valence-electron chi connectivity index (χ2n) is 5.45. The van der Waals surface area contributed by atoms with Gasteiger partial charge in [-0.25, -0.2) is 0 Å². The van der Waals surface area contributed by atoms with Crippen molar-refractivity contribution in [2.75, 3.05) is 6.61 Å². The number of carbonyl (C=O) groups excluding carboxylic acids is 2. The highest BCUT2D eigenvalue weighted by molar-refractivity contribution is 5.73. The van der Waals surface area contributed by atoms with E-state index in [1.165, 1.54) is 0 Å². The molecule has 0 saturated heterocycles. The summed E-state index contributed by atoms with van der Waals surface area (Å²) in [6.07, 6.45) is 3.86. The van der Waals surface area contributed by atoms with Crippen LogP contribution in [0.15, 0.2) is 18.2 Å². The highest BCUT2D eigenvalue weighted by Gasteiger charge is 2.09. The van der Waals surface area contributed by atoms with Crippen LogP contribution in [0.2, 0.25) is 0 Å². The van der Waals surface area contributed by atoms with Crippen molar-refractivity contribution in [3.63, 3.8) is 0 Å². The van der Waals surface area contributed by atoms with Gasteiger partial charge in [0.25, 0.3) is 0 Å². The van der Waals surface area contributed by atoms with Gasteiger partial charge in [0.2, 0.25) is 0 Å². The average Bonchev–Trinajstić information content (AvgIpc) is 2.49. The summed E-state index contributed by atoms with van der Waals surface area (Å²) in [5, 5.41) is 0. The predicted molar refractivity (Wildman–Crippen MR) is 85.9 cm³/mol. The minimum atomic E-state index is -0.256. The summed E-state index contributed by atoms with van der Waals surface area (Å²) in [7, 11) is 0. The molecule has 0 aliphatic carbocycles. The first-order valence-electron chi connectivity index (χ1n) is 7.97. The molecule has 1 aromatic carbocycles. The van der Waals surface area contributed by atoms with Gasteiger partial charge in [-0.05, 0) is 50.3 Å². The third-order valence-corrected chi connectivity index (χ3v) is 3.55. The lowest BCUT2D eigenvalue weighted by Crippen LogP contribution is -2.10. The molecule has 0 bridgehead atoms. The van der Waals surface area contributed by atoms with Gasteiger partial charge in [0.05, 0.1) is 6.61 Å². The third kappa shape index (κ3) is 6.74. The van der Waals surface area contributed by atoms with Crippen LogP contribution >= 0.6 is 0 Å². The molecular weight excluding hydrogens is 280 g/mol. The molecule has 0 radical (unpaired) electrons. The summed E-state index contributed by atoms with van der Waals surface area (Å²) in [6.45, 7) is 6.46. The van der Waals surface area contributed by atoms with E-state index in [2.05, 4.69) is 6.92 Å². The molecular formula is C18H26O4. The van der Waals surface area contributed by atoms with Crippen LogP contribution in [0.4, 0.5) is 0 Å². The Morgan fingerprint density at radius 2 is 1.68 bits per heavy atom. The van der Waals surface area contributed by atoms with E-state index in [1.807, 2.05) is 26.0 Å². The Hall–Kier alpha value is -1.84. The molecule has 0 fully saturated rings. The van der Waals surface area contributed by atoms with Gasteiger partial charge in [0.15, 0.2) is 0 Å². The number of benzene rings is 1. The molecule has 0 aromatic heterocycles. The zero-order chi connectivity index (χ0) is 16.4. The molecule has 4 heteroatoms. The molecule has 0 heterocycles. The number of carbonyl (C=O) groups is 2. The summed E-state index contributed by atoms with van der Waals surface area (Å²) >= 11 is 0. The fraction of sp³-hybridized carbons (Fsp3) is 0.556. The Morgan fingerprint density at radius 3 is 2.36 bits per heavy atom. The Kier molecular flexibility index (Phi) is 8.26.